The van der Waals surface area contributed by atoms with Crippen molar-refractivity contribution in [2.75, 3.05) is 19.7 Å². The Morgan fingerprint density at radius 1 is 0.891 bits per heavy atom. The summed E-state index contributed by atoms with van der Waals surface area (Å²) in [7, 11) is 0. The summed E-state index contributed by atoms with van der Waals surface area (Å²) in [6.45, 7) is 14.1. The Balaban J connectivity index is 0.000000315. The molecule has 5 rings (SSSR count). The fourth-order valence-electron chi connectivity index (χ4n) is 10.9. The monoisotopic (exact) mass is 651 g/mol. The van der Waals surface area contributed by atoms with Crippen LogP contribution in [0.15, 0.2) is 0 Å². The third kappa shape index (κ3) is 6.89. The highest BCUT2D eigenvalue weighted by atomic mass is 16.5. The van der Waals surface area contributed by atoms with Crippen LogP contribution >= 0.6 is 0 Å². The molecule has 9 atom stereocenters. The van der Waals surface area contributed by atoms with Crippen molar-refractivity contribution in [2.24, 2.45) is 40.4 Å². The van der Waals surface area contributed by atoms with Crippen molar-refractivity contribution in [1.29, 1.82) is 0 Å². The predicted octanol–water partition coefficient (Wildman–Crippen LogP) is 4.22. The van der Waals surface area contributed by atoms with Crippen molar-refractivity contribution < 1.29 is 49.4 Å². The molecule has 1 saturated heterocycles. The highest BCUT2D eigenvalue weighted by Crippen LogP contribution is 2.67. The van der Waals surface area contributed by atoms with Gasteiger partial charge in [0.2, 0.25) is 0 Å². The van der Waals surface area contributed by atoms with Gasteiger partial charge in [0.25, 0.3) is 0 Å². The molecule has 4 saturated carbocycles. The van der Waals surface area contributed by atoms with Gasteiger partial charge in [-0.05, 0) is 106 Å². The summed E-state index contributed by atoms with van der Waals surface area (Å²) in [6.07, 6.45) is 9.20. The lowest BCUT2D eigenvalue weighted by molar-refractivity contribution is -0.175. The molecule has 0 radical (unpaired) electrons. The van der Waals surface area contributed by atoms with Gasteiger partial charge in [0.05, 0.1) is 31.2 Å². The topological polar surface area (TPSA) is 182 Å². The number of morpholine rings is 1. The van der Waals surface area contributed by atoms with Crippen LogP contribution in [0.2, 0.25) is 0 Å². The van der Waals surface area contributed by atoms with Gasteiger partial charge in [-0.1, -0.05) is 27.7 Å². The van der Waals surface area contributed by atoms with E-state index >= 15 is 0 Å². The first kappa shape index (κ1) is 36.8. The Morgan fingerprint density at radius 3 is 2.04 bits per heavy atom. The molecule has 0 spiro atoms. The third-order valence-electron chi connectivity index (χ3n) is 13.5. The van der Waals surface area contributed by atoms with E-state index in [1.165, 1.54) is 32.1 Å². The molecule has 0 aromatic rings. The quantitative estimate of drug-likeness (QED) is 0.241. The van der Waals surface area contributed by atoms with E-state index in [0.717, 1.165) is 69.6 Å². The molecule has 11 nitrogen and oxygen atoms in total. The van der Waals surface area contributed by atoms with Gasteiger partial charge in [-0.2, -0.15) is 0 Å². The van der Waals surface area contributed by atoms with Crippen LogP contribution in [0, 0.1) is 40.4 Å². The molecule has 5 aliphatic rings. The summed E-state index contributed by atoms with van der Waals surface area (Å²) in [5, 5.41) is 45.2. The van der Waals surface area contributed by atoms with Crippen molar-refractivity contribution in [3.63, 3.8) is 0 Å². The standard InChI is InChI=1S/C29H49NO3.C6H8O7/c1-6-29(7-2)18-30(14-15-33-29)25-17-28(5)20(16-26(25)32)8-9-21-23-11-10-22(19(3)31)27(23,4)13-12-24(21)28;7-3(8)1-6(13,5(11)12)2-4(9)10/h20-26,32H,6-18H2,1-5H3;13H,1-2H2,(H,7,8)(H,9,10)(H,11,12)/t20-,21-,22+,23-,24-,25-,26-,27+,28-;/m0./s1. The van der Waals surface area contributed by atoms with E-state index in [0.29, 0.717) is 23.0 Å². The van der Waals surface area contributed by atoms with Crippen molar-refractivity contribution in [2.45, 2.75) is 135 Å². The molecule has 1 heterocycles. The number of ketones is 1. The highest BCUT2D eigenvalue weighted by molar-refractivity contribution is 5.88. The van der Waals surface area contributed by atoms with Gasteiger partial charge in [0.1, 0.15) is 5.78 Å². The van der Waals surface area contributed by atoms with Gasteiger partial charge in [-0.15, -0.1) is 0 Å². The molecule has 4 aliphatic carbocycles. The average Bonchev–Trinajstić information content (AvgIpc) is 3.34. The Bertz CT molecular complexity index is 1140. The lowest BCUT2D eigenvalue weighted by Crippen LogP contribution is -2.63. The van der Waals surface area contributed by atoms with Crippen LogP contribution in [0.4, 0.5) is 0 Å². The third-order valence-corrected chi connectivity index (χ3v) is 13.5. The van der Waals surface area contributed by atoms with Gasteiger partial charge < -0.3 is 30.3 Å². The first-order valence-corrected chi connectivity index (χ1v) is 17.4. The van der Waals surface area contributed by atoms with E-state index in [2.05, 4.69) is 32.6 Å². The number of carbonyl (C=O) groups excluding carboxylic acids is 1. The molecule has 5 N–H and O–H groups in total. The minimum Gasteiger partial charge on any atom is -0.481 e. The van der Waals surface area contributed by atoms with Gasteiger partial charge in [-0.25, -0.2) is 4.79 Å². The molecule has 0 bridgehead atoms. The maximum atomic E-state index is 12.5. The summed E-state index contributed by atoms with van der Waals surface area (Å²) in [6, 6.07) is 0.272. The zero-order valence-corrected chi connectivity index (χ0v) is 28.4. The Kier molecular flexibility index (Phi) is 11.0. The lowest BCUT2D eigenvalue weighted by atomic mass is 9.44. The fraction of sp³-hybridized carbons (Fsp3) is 0.886. The molecular weight excluding hydrogens is 594 g/mol. The number of carbonyl (C=O) groups is 4. The number of nitrogens with zero attached hydrogens (tertiary/aromatic N) is 1. The number of hydrogen-bond donors (Lipinski definition) is 5. The van der Waals surface area contributed by atoms with Crippen LogP contribution < -0.4 is 0 Å². The van der Waals surface area contributed by atoms with E-state index in [-0.39, 0.29) is 23.2 Å². The number of aliphatic hydroxyl groups is 2. The number of fused-ring (bicyclic) bond motifs is 5. The molecule has 1 aliphatic heterocycles. The lowest BCUT2D eigenvalue weighted by Gasteiger charge is -2.63. The molecule has 11 heteroatoms. The smallest absolute Gasteiger partial charge is 0.336 e. The summed E-state index contributed by atoms with van der Waals surface area (Å²) >= 11 is 0. The number of aliphatic hydroxyl groups excluding tert-OH is 1. The number of carboxylic acid groups (broad SMARTS) is 3. The summed E-state index contributed by atoms with van der Waals surface area (Å²) in [4.78, 5) is 45.6. The molecule has 5 fully saturated rings. The van der Waals surface area contributed by atoms with Crippen LogP contribution in [0.25, 0.3) is 0 Å². The second-order valence-electron chi connectivity index (χ2n) is 15.7. The zero-order valence-electron chi connectivity index (χ0n) is 28.4. The first-order chi connectivity index (χ1) is 21.4. The Hall–Kier alpha value is -2.08. The molecular formula is C35H57NO10. The SMILES string of the molecule is CCC1(CC)CN([C@H]2C[C@@]3(C)[C@@H](CC[C@@H]4[C@@H]3CC[C@]3(C)[C@@H](C(C)=O)CC[C@@H]43)C[C@@H]2O)CCO1.O=C(O)CC(O)(CC(=O)O)C(=O)O. The number of rotatable bonds is 9. The second kappa shape index (κ2) is 13.8. The number of ether oxygens (including phenoxy) is 1. The molecule has 0 aromatic carbocycles. The largest absolute Gasteiger partial charge is 0.481 e. The van der Waals surface area contributed by atoms with E-state index in [1.54, 1.807) is 0 Å². The van der Waals surface area contributed by atoms with Gasteiger partial charge in [0.15, 0.2) is 5.60 Å². The van der Waals surface area contributed by atoms with Crippen LogP contribution in [0.5, 0.6) is 0 Å². The van der Waals surface area contributed by atoms with Crippen LogP contribution in [-0.4, -0.2) is 97.2 Å². The molecule has 0 amide bonds. The summed E-state index contributed by atoms with van der Waals surface area (Å²) < 4.78 is 6.27. The van der Waals surface area contributed by atoms with Crippen molar-refractivity contribution in [3.05, 3.63) is 0 Å². The van der Waals surface area contributed by atoms with Crippen molar-refractivity contribution in [3.8, 4) is 0 Å². The van der Waals surface area contributed by atoms with Crippen LogP contribution in [0.3, 0.4) is 0 Å². The van der Waals surface area contributed by atoms with E-state index < -0.39 is 36.4 Å². The van der Waals surface area contributed by atoms with E-state index in [1.807, 2.05) is 6.92 Å². The van der Waals surface area contributed by atoms with Gasteiger partial charge >= 0.3 is 17.9 Å². The molecule has 0 unspecified atom stereocenters. The van der Waals surface area contributed by atoms with E-state index in [4.69, 9.17) is 25.2 Å². The van der Waals surface area contributed by atoms with Crippen molar-refractivity contribution >= 4 is 23.7 Å². The number of Topliss-reactive ketones (excluding diaryl/α,β-unsaturated/α-hetero) is 1. The number of carboxylic acids is 3. The summed E-state index contributed by atoms with van der Waals surface area (Å²) in [5.41, 5.74) is -2.22. The minimum atomic E-state index is -2.74. The summed E-state index contributed by atoms with van der Waals surface area (Å²) in [5.74, 6) is -1.37. The first-order valence-electron chi connectivity index (χ1n) is 17.4. The average molecular weight is 652 g/mol. The number of hydrogen-bond acceptors (Lipinski definition) is 8. The molecule has 262 valence electrons. The zero-order chi connectivity index (χ0) is 34.2. The maximum absolute atomic E-state index is 12.5. The maximum Gasteiger partial charge on any atom is 0.336 e. The molecule has 46 heavy (non-hydrogen) atoms. The Morgan fingerprint density at radius 2 is 1.50 bits per heavy atom. The van der Waals surface area contributed by atoms with Crippen LogP contribution in [-0.2, 0) is 23.9 Å². The van der Waals surface area contributed by atoms with Crippen LogP contribution in [0.1, 0.15) is 112 Å². The molecule has 0 aromatic heterocycles. The Labute approximate surface area is 273 Å². The normalized spacial score (nSPS) is 38.7. The second-order valence-corrected chi connectivity index (χ2v) is 15.7. The predicted molar refractivity (Wildman–Crippen MR) is 169 cm³/mol. The van der Waals surface area contributed by atoms with E-state index in [9.17, 15) is 24.3 Å². The van der Waals surface area contributed by atoms with Gasteiger partial charge in [0, 0.05) is 25.0 Å². The number of aliphatic carboxylic acids is 3. The fourth-order valence-corrected chi connectivity index (χ4v) is 10.9. The highest BCUT2D eigenvalue weighted by Gasteiger charge is 2.62. The van der Waals surface area contributed by atoms with Gasteiger partial charge in [-0.3, -0.25) is 19.3 Å². The van der Waals surface area contributed by atoms with Crippen molar-refractivity contribution in [1.82, 2.24) is 4.90 Å². The minimum absolute atomic E-state index is 0.0387.